The van der Waals surface area contributed by atoms with E-state index in [0.717, 1.165) is 6.08 Å². The summed E-state index contributed by atoms with van der Waals surface area (Å²) < 4.78 is 4.77. The highest BCUT2D eigenvalue weighted by Gasteiger charge is 2.11. The Labute approximate surface area is 118 Å². The first-order chi connectivity index (χ1) is 9.24. The average molecular weight is 289 g/mol. The number of hydrogen-bond donors (Lipinski definition) is 3. The van der Waals surface area contributed by atoms with Crippen molar-refractivity contribution in [2.24, 2.45) is 0 Å². The van der Waals surface area contributed by atoms with Gasteiger partial charge in [0.25, 0.3) is 0 Å². The third-order valence-electron chi connectivity index (χ3n) is 1.93. The van der Waals surface area contributed by atoms with Gasteiger partial charge in [0.15, 0.2) is 0 Å². The summed E-state index contributed by atoms with van der Waals surface area (Å²) in [5.74, 6) is -1.48. The van der Waals surface area contributed by atoms with Crippen molar-refractivity contribution < 1.29 is 29.6 Å². The van der Waals surface area contributed by atoms with E-state index in [9.17, 15) is 14.7 Å². The molecule has 0 aromatic heterocycles. The number of aliphatic hydroxyl groups excluding tert-OH is 2. The number of hydrogen-bond acceptors (Lipinski definition) is 6. The second-order valence-corrected chi connectivity index (χ2v) is 4.06. The van der Waals surface area contributed by atoms with Crippen molar-refractivity contribution in [3.8, 4) is 0 Å². The molecular weight excluding hydrogens is 266 g/mol. The Balaban J connectivity index is 0. The quantitative estimate of drug-likeness (QED) is 0.414. The maximum absolute atomic E-state index is 11.0. The van der Waals surface area contributed by atoms with Gasteiger partial charge in [-0.25, -0.2) is 9.59 Å². The number of carboxylic acid groups (broad SMARTS) is 1. The lowest BCUT2D eigenvalue weighted by Gasteiger charge is -2.19. The van der Waals surface area contributed by atoms with Crippen molar-refractivity contribution in [2.45, 2.75) is 13.0 Å². The number of aliphatic hydroxyl groups is 2. The molecule has 0 spiro atoms. The van der Waals surface area contributed by atoms with E-state index in [1.165, 1.54) is 0 Å². The molecule has 20 heavy (non-hydrogen) atoms. The Hall–Kier alpha value is -1.70. The number of carbonyl (C=O) groups excluding carboxylic acids is 1. The molecule has 0 rings (SSSR count). The Morgan fingerprint density at radius 3 is 2.30 bits per heavy atom. The molecule has 116 valence electrons. The van der Waals surface area contributed by atoms with E-state index in [-0.39, 0.29) is 13.2 Å². The zero-order valence-electron chi connectivity index (χ0n) is 11.9. The monoisotopic (exact) mass is 289 g/mol. The highest BCUT2D eigenvalue weighted by molar-refractivity contribution is 5.86. The van der Waals surface area contributed by atoms with Gasteiger partial charge in [0.05, 0.1) is 6.61 Å². The van der Waals surface area contributed by atoms with Crippen LogP contribution in [0.4, 0.5) is 0 Å². The van der Waals surface area contributed by atoms with Gasteiger partial charge in [-0.15, -0.1) is 0 Å². The van der Waals surface area contributed by atoms with Gasteiger partial charge in [0.1, 0.15) is 12.7 Å². The van der Waals surface area contributed by atoms with Crippen LogP contribution in [0.3, 0.4) is 0 Å². The van der Waals surface area contributed by atoms with Crippen molar-refractivity contribution >= 4 is 11.9 Å². The summed E-state index contributed by atoms with van der Waals surface area (Å²) in [6.07, 6.45) is 0.0878. The Kier molecular flexibility index (Phi) is 12.7. The third-order valence-corrected chi connectivity index (χ3v) is 1.93. The highest BCUT2D eigenvalue weighted by Crippen LogP contribution is 1.95. The molecule has 0 aliphatic rings. The van der Waals surface area contributed by atoms with Gasteiger partial charge in [-0.1, -0.05) is 13.2 Å². The first-order valence-electron chi connectivity index (χ1n) is 5.90. The average Bonchev–Trinajstić information content (AvgIpc) is 2.36. The predicted octanol–water partition coefficient (Wildman–Crippen LogP) is -0.352. The van der Waals surface area contributed by atoms with Crippen molar-refractivity contribution in [1.82, 2.24) is 4.90 Å². The summed E-state index contributed by atoms with van der Waals surface area (Å²) in [6, 6.07) is 0. The standard InChI is InChI=1S/C10H19NO4.C3H4O2/c1-8(2)10(14)15-7-9(13)6-11(3)4-5-12;1-2-3(4)5/h9,12-13H,1,4-7H2,2-3H3;2H,1H2,(H,4,5). The van der Waals surface area contributed by atoms with Crippen molar-refractivity contribution in [3.63, 3.8) is 0 Å². The van der Waals surface area contributed by atoms with Gasteiger partial charge < -0.3 is 25.0 Å². The summed E-state index contributed by atoms with van der Waals surface area (Å²) in [4.78, 5) is 22.0. The molecule has 0 aromatic carbocycles. The van der Waals surface area contributed by atoms with Crippen LogP contribution in [0, 0.1) is 0 Å². The molecule has 7 heteroatoms. The minimum Gasteiger partial charge on any atom is -0.478 e. The molecule has 0 saturated heterocycles. The third kappa shape index (κ3) is 14.4. The molecule has 0 radical (unpaired) electrons. The molecule has 3 N–H and O–H groups in total. The van der Waals surface area contributed by atoms with Gasteiger partial charge >= 0.3 is 11.9 Å². The fraction of sp³-hybridized carbons (Fsp3) is 0.538. The number of aliphatic carboxylic acids is 1. The van der Waals surface area contributed by atoms with Gasteiger partial charge in [-0.3, -0.25) is 0 Å². The second kappa shape index (κ2) is 12.3. The molecule has 0 saturated carbocycles. The summed E-state index contributed by atoms with van der Waals surface area (Å²) in [6.45, 7) is 8.74. The number of nitrogens with zero attached hydrogens (tertiary/aromatic N) is 1. The topological polar surface area (TPSA) is 107 Å². The van der Waals surface area contributed by atoms with Gasteiger partial charge in [-0.2, -0.15) is 0 Å². The molecule has 7 nitrogen and oxygen atoms in total. The minimum absolute atomic E-state index is 0.0365. The fourth-order valence-corrected chi connectivity index (χ4v) is 0.970. The molecule has 0 amide bonds. The van der Waals surface area contributed by atoms with Crippen LogP contribution in [0.15, 0.2) is 24.8 Å². The highest BCUT2D eigenvalue weighted by atomic mass is 16.5. The van der Waals surface area contributed by atoms with Gasteiger partial charge in [0, 0.05) is 24.7 Å². The van der Waals surface area contributed by atoms with Crippen LogP contribution >= 0.6 is 0 Å². The number of likely N-dealkylation sites (N-methyl/N-ethyl adjacent to an activating group) is 1. The van der Waals surface area contributed by atoms with Crippen LogP contribution in [-0.4, -0.2) is 71.6 Å². The van der Waals surface area contributed by atoms with E-state index in [1.807, 2.05) is 0 Å². The first kappa shape index (κ1) is 20.6. The second-order valence-electron chi connectivity index (χ2n) is 4.06. The van der Waals surface area contributed by atoms with E-state index in [4.69, 9.17) is 14.9 Å². The van der Waals surface area contributed by atoms with Gasteiger partial charge in [0.2, 0.25) is 0 Å². The number of esters is 1. The SMILES string of the molecule is C=C(C)C(=O)OCC(O)CN(C)CCO.C=CC(=O)O. The maximum Gasteiger partial charge on any atom is 0.333 e. The zero-order valence-corrected chi connectivity index (χ0v) is 11.9. The van der Waals surface area contributed by atoms with Crippen molar-refractivity contribution in [2.75, 3.05) is 33.4 Å². The Morgan fingerprint density at radius 1 is 1.45 bits per heavy atom. The number of ether oxygens (including phenoxy) is 1. The van der Waals surface area contributed by atoms with E-state index < -0.39 is 18.0 Å². The van der Waals surface area contributed by atoms with Crippen LogP contribution in [0.2, 0.25) is 0 Å². The van der Waals surface area contributed by atoms with Crippen LogP contribution in [-0.2, 0) is 14.3 Å². The van der Waals surface area contributed by atoms with Crippen LogP contribution in [0.25, 0.3) is 0 Å². The van der Waals surface area contributed by atoms with E-state index >= 15 is 0 Å². The molecule has 0 fully saturated rings. The smallest absolute Gasteiger partial charge is 0.333 e. The summed E-state index contributed by atoms with van der Waals surface area (Å²) in [7, 11) is 1.76. The molecule has 1 unspecified atom stereocenters. The van der Waals surface area contributed by atoms with Gasteiger partial charge in [-0.05, 0) is 14.0 Å². The van der Waals surface area contributed by atoms with Crippen molar-refractivity contribution in [3.05, 3.63) is 24.8 Å². The molecule has 0 aromatic rings. The molecule has 0 heterocycles. The predicted molar refractivity (Wildman–Crippen MR) is 74.2 cm³/mol. The number of rotatable bonds is 8. The lowest BCUT2D eigenvalue weighted by Crippen LogP contribution is -2.34. The number of carboxylic acids is 1. The lowest BCUT2D eigenvalue weighted by atomic mass is 10.3. The molecule has 1 atom stereocenters. The van der Waals surface area contributed by atoms with E-state index in [0.29, 0.717) is 18.7 Å². The summed E-state index contributed by atoms with van der Waals surface area (Å²) in [5.41, 5.74) is 0.311. The minimum atomic E-state index is -0.981. The first-order valence-corrected chi connectivity index (χ1v) is 5.90. The summed E-state index contributed by atoms with van der Waals surface area (Å²) >= 11 is 0. The van der Waals surface area contributed by atoms with E-state index in [2.05, 4.69) is 13.2 Å². The lowest BCUT2D eigenvalue weighted by molar-refractivity contribution is -0.142. The molecule has 0 aliphatic carbocycles. The fourth-order valence-electron chi connectivity index (χ4n) is 0.970. The summed E-state index contributed by atoms with van der Waals surface area (Å²) in [5, 5.41) is 25.7. The Morgan fingerprint density at radius 2 is 1.95 bits per heavy atom. The molecule has 0 bridgehead atoms. The molecule has 0 aliphatic heterocycles. The zero-order chi connectivity index (χ0) is 16.1. The van der Waals surface area contributed by atoms with Crippen molar-refractivity contribution in [1.29, 1.82) is 0 Å². The van der Waals surface area contributed by atoms with Crippen LogP contribution in [0.1, 0.15) is 6.92 Å². The maximum atomic E-state index is 11.0. The normalized spacial score (nSPS) is 11.1. The van der Waals surface area contributed by atoms with E-state index in [1.54, 1.807) is 18.9 Å². The van der Waals surface area contributed by atoms with Crippen LogP contribution in [0.5, 0.6) is 0 Å². The molecular formula is C13H23NO6. The number of carbonyl (C=O) groups is 2. The Bertz CT molecular complexity index is 329. The van der Waals surface area contributed by atoms with Crippen LogP contribution < -0.4 is 0 Å². The largest absolute Gasteiger partial charge is 0.478 e.